The molecule has 1 heterocycles. The van der Waals surface area contributed by atoms with Gasteiger partial charge >= 0.3 is 0 Å². The third-order valence-electron chi connectivity index (χ3n) is 2.98. The van der Waals surface area contributed by atoms with Gasteiger partial charge in [0, 0.05) is 26.2 Å². The predicted molar refractivity (Wildman–Crippen MR) is 64.2 cm³/mol. The summed E-state index contributed by atoms with van der Waals surface area (Å²) < 4.78 is 5.31. The lowest BCUT2D eigenvalue weighted by molar-refractivity contribution is 0.0383. The summed E-state index contributed by atoms with van der Waals surface area (Å²) in [6, 6.07) is 0. The number of hydrogen-bond donors (Lipinski definition) is 1. The van der Waals surface area contributed by atoms with E-state index in [0.29, 0.717) is 0 Å². The predicted octanol–water partition coefficient (Wildman–Crippen LogP) is 1.34. The molecule has 0 aromatic heterocycles. The Kier molecular flexibility index (Phi) is 6.98. The largest absolute Gasteiger partial charge is 0.379 e. The number of rotatable bonds is 7. The Morgan fingerprint density at radius 3 is 2.73 bits per heavy atom. The van der Waals surface area contributed by atoms with Gasteiger partial charge < -0.3 is 10.1 Å². The van der Waals surface area contributed by atoms with Crippen molar-refractivity contribution >= 4 is 0 Å². The van der Waals surface area contributed by atoms with E-state index in [1.165, 1.54) is 19.4 Å². The lowest BCUT2D eigenvalue weighted by Crippen LogP contribution is -2.40. The molecule has 0 spiro atoms. The smallest absolute Gasteiger partial charge is 0.0594 e. The molecule has 0 amide bonds. The fourth-order valence-corrected chi connectivity index (χ4v) is 2.01. The Balaban J connectivity index is 1.91. The van der Waals surface area contributed by atoms with Crippen LogP contribution in [0.25, 0.3) is 0 Å². The highest BCUT2D eigenvalue weighted by Gasteiger charge is 2.09. The van der Waals surface area contributed by atoms with Gasteiger partial charge in [0.1, 0.15) is 0 Å². The lowest BCUT2D eigenvalue weighted by atomic mass is 10.1. The summed E-state index contributed by atoms with van der Waals surface area (Å²) in [7, 11) is 0. The van der Waals surface area contributed by atoms with Gasteiger partial charge in [-0.3, -0.25) is 4.90 Å². The molecule has 1 N–H and O–H groups in total. The summed E-state index contributed by atoms with van der Waals surface area (Å²) in [4.78, 5) is 2.47. The lowest BCUT2D eigenvalue weighted by Gasteiger charge is -2.26. The van der Waals surface area contributed by atoms with Crippen molar-refractivity contribution in [2.24, 2.45) is 5.92 Å². The van der Waals surface area contributed by atoms with E-state index in [2.05, 4.69) is 24.1 Å². The van der Waals surface area contributed by atoms with Crippen molar-refractivity contribution < 1.29 is 4.74 Å². The maximum Gasteiger partial charge on any atom is 0.0594 e. The normalized spacial score (nSPS) is 20.4. The van der Waals surface area contributed by atoms with Gasteiger partial charge in [-0.05, 0) is 18.9 Å². The van der Waals surface area contributed by atoms with Crippen molar-refractivity contribution in [3.8, 4) is 0 Å². The first-order valence-corrected chi connectivity index (χ1v) is 6.33. The maximum atomic E-state index is 5.31. The minimum atomic E-state index is 0.819. The zero-order chi connectivity index (χ0) is 10.9. The molecule has 0 radical (unpaired) electrons. The van der Waals surface area contributed by atoms with Crippen molar-refractivity contribution in [3.63, 3.8) is 0 Å². The highest BCUT2D eigenvalue weighted by Crippen LogP contribution is 2.02. The number of ether oxygens (including phenoxy) is 1. The molecule has 1 unspecified atom stereocenters. The van der Waals surface area contributed by atoms with Gasteiger partial charge in [0.15, 0.2) is 0 Å². The van der Waals surface area contributed by atoms with Crippen LogP contribution in [0.4, 0.5) is 0 Å². The van der Waals surface area contributed by atoms with E-state index in [9.17, 15) is 0 Å². The maximum absolute atomic E-state index is 5.31. The number of morpholine rings is 1. The molecule has 15 heavy (non-hydrogen) atoms. The first-order chi connectivity index (χ1) is 7.33. The summed E-state index contributed by atoms with van der Waals surface area (Å²) in [5.74, 6) is 0.819. The van der Waals surface area contributed by atoms with Crippen LogP contribution in [-0.2, 0) is 4.74 Å². The molecule has 1 fully saturated rings. The third kappa shape index (κ3) is 6.13. The second kappa shape index (κ2) is 8.08. The van der Waals surface area contributed by atoms with Crippen LogP contribution in [0.2, 0.25) is 0 Å². The van der Waals surface area contributed by atoms with E-state index in [0.717, 1.165) is 45.3 Å². The summed E-state index contributed by atoms with van der Waals surface area (Å²) >= 11 is 0. The zero-order valence-electron chi connectivity index (χ0n) is 10.3. The Bertz CT molecular complexity index is 147. The molecule has 3 heteroatoms. The highest BCUT2D eigenvalue weighted by atomic mass is 16.5. The molecule has 1 saturated heterocycles. The Labute approximate surface area is 94.2 Å². The quantitative estimate of drug-likeness (QED) is 0.647. The van der Waals surface area contributed by atoms with E-state index >= 15 is 0 Å². The minimum Gasteiger partial charge on any atom is -0.379 e. The first-order valence-electron chi connectivity index (χ1n) is 6.33. The highest BCUT2D eigenvalue weighted by molar-refractivity contribution is 4.64. The molecule has 3 nitrogen and oxygen atoms in total. The molecule has 1 aliphatic heterocycles. The Hall–Kier alpha value is -0.120. The third-order valence-corrected chi connectivity index (χ3v) is 2.98. The Morgan fingerprint density at radius 1 is 1.33 bits per heavy atom. The Morgan fingerprint density at radius 2 is 2.07 bits per heavy atom. The van der Waals surface area contributed by atoms with Crippen LogP contribution < -0.4 is 5.32 Å². The molecule has 0 saturated carbocycles. The number of hydrogen-bond acceptors (Lipinski definition) is 3. The molecule has 0 aromatic rings. The molecule has 90 valence electrons. The average molecular weight is 214 g/mol. The van der Waals surface area contributed by atoms with Gasteiger partial charge in [0.05, 0.1) is 13.2 Å². The van der Waals surface area contributed by atoms with Crippen LogP contribution in [0.15, 0.2) is 0 Å². The van der Waals surface area contributed by atoms with Crippen LogP contribution in [-0.4, -0.2) is 50.8 Å². The summed E-state index contributed by atoms with van der Waals surface area (Å²) in [5, 5.41) is 3.53. The topological polar surface area (TPSA) is 24.5 Å². The fourth-order valence-electron chi connectivity index (χ4n) is 2.01. The molecule has 0 aliphatic carbocycles. The molecule has 1 atom stereocenters. The van der Waals surface area contributed by atoms with E-state index in [1.54, 1.807) is 0 Å². The van der Waals surface area contributed by atoms with E-state index in [-0.39, 0.29) is 0 Å². The van der Waals surface area contributed by atoms with Crippen LogP contribution >= 0.6 is 0 Å². The zero-order valence-corrected chi connectivity index (χ0v) is 10.3. The van der Waals surface area contributed by atoms with Gasteiger partial charge in [-0.15, -0.1) is 0 Å². The van der Waals surface area contributed by atoms with Crippen molar-refractivity contribution in [3.05, 3.63) is 0 Å². The van der Waals surface area contributed by atoms with Gasteiger partial charge in [0.25, 0.3) is 0 Å². The minimum absolute atomic E-state index is 0.819. The fraction of sp³-hybridized carbons (Fsp3) is 1.00. The van der Waals surface area contributed by atoms with E-state index < -0.39 is 0 Å². The van der Waals surface area contributed by atoms with Crippen LogP contribution in [0, 0.1) is 5.92 Å². The van der Waals surface area contributed by atoms with Crippen molar-refractivity contribution in [1.82, 2.24) is 10.2 Å². The first kappa shape index (κ1) is 12.9. The average Bonchev–Trinajstić information content (AvgIpc) is 2.26. The van der Waals surface area contributed by atoms with Crippen LogP contribution in [0.3, 0.4) is 0 Å². The van der Waals surface area contributed by atoms with E-state index in [1.807, 2.05) is 0 Å². The summed E-state index contributed by atoms with van der Waals surface area (Å²) in [5.41, 5.74) is 0. The molecule has 0 bridgehead atoms. The number of nitrogens with zero attached hydrogens (tertiary/aromatic N) is 1. The van der Waals surface area contributed by atoms with Crippen molar-refractivity contribution in [2.75, 3.05) is 45.9 Å². The van der Waals surface area contributed by atoms with Gasteiger partial charge in [0.2, 0.25) is 0 Å². The van der Waals surface area contributed by atoms with Crippen LogP contribution in [0.5, 0.6) is 0 Å². The molecule has 1 rings (SSSR count). The number of nitrogens with one attached hydrogen (secondary N) is 1. The van der Waals surface area contributed by atoms with Gasteiger partial charge in [-0.1, -0.05) is 20.3 Å². The summed E-state index contributed by atoms with van der Waals surface area (Å²) in [6.45, 7) is 12.1. The molecule has 1 aliphatic rings. The van der Waals surface area contributed by atoms with E-state index in [4.69, 9.17) is 4.74 Å². The van der Waals surface area contributed by atoms with Gasteiger partial charge in [-0.2, -0.15) is 0 Å². The second-order valence-corrected chi connectivity index (χ2v) is 4.55. The molecular weight excluding hydrogens is 188 g/mol. The van der Waals surface area contributed by atoms with Crippen LogP contribution in [0.1, 0.15) is 26.7 Å². The molecular formula is C12H26N2O. The van der Waals surface area contributed by atoms with Crippen molar-refractivity contribution in [1.29, 1.82) is 0 Å². The SMILES string of the molecule is CCCC(C)CNCCN1CCOCC1. The summed E-state index contributed by atoms with van der Waals surface area (Å²) in [6.07, 6.45) is 2.64. The molecule has 0 aromatic carbocycles. The van der Waals surface area contributed by atoms with Crippen molar-refractivity contribution in [2.45, 2.75) is 26.7 Å². The standard InChI is InChI=1S/C12H26N2O/c1-3-4-12(2)11-13-5-6-14-7-9-15-10-8-14/h12-13H,3-11H2,1-2H3. The second-order valence-electron chi connectivity index (χ2n) is 4.55. The monoisotopic (exact) mass is 214 g/mol. The van der Waals surface area contributed by atoms with Gasteiger partial charge in [-0.25, -0.2) is 0 Å².